The number of hydrogen-bond acceptors (Lipinski definition) is 5. The topological polar surface area (TPSA) is 68.1 Å². The fraction of sp³-hybridized carbons (Fsp3) is 0.833. The van der Waals surface area contributed by atoms with Crippen molar-refractivity contribution in [2.24, 2.45) is 0 Å². The number of nitrogens with zero attached hydrogens (tertiary/aromatic N) is 4. The highest BCUT2D eigenvalue weighted by Crippen LogP contribution is 2.26. The second-order valence-corrected chi connectivity index (χ2v) is 7.86. The van der Waals surface area contributed by atoms with Gasteiger partial charge in [-0.1, -0.05) is 0 Å². The lowest BCUT2D eigenvalue weighted by Crippen LogP contribution is -2.45. The zero-order valence-corrected chi connectivity index (χ0v) is 11.8. The fourth-order valence-corrected chi connectivity index (χ4v) is 4.66. The maximum atomic E-state index is 11.5. The van der Waals surface area contributed by atoms with Crippen LogP contribution in [0, 0.1) is 0 Å². The molecule has 19 heavy (non-hydrogen) atoms. The van der Waals surface area contributed by atoms with Crippen molar-refractivity contribution in [3.8, 4) is 0 Å². The van der Waals surface area contributed by atoms with E-state index in [1.807, 2.05) is 0 Å². The van der Waals surface area contributed by atoms with Crippen LogP contribution in [0.3, 0.4) is 0 Å². The van der Waals surface area contributed by atoms with Gasteiger partial charge in [0.1, 0.15) is 22.5 Å². The Bertz CT molecular complexity index is 492. The molecular weight excluding hydrogens is 264 g/mol. The number of piperidine rings is 1. The van der Waals surface area contributed by atoms with Crippen molar-refractivity contribution in [2.45, 2.75) is 37.8 Å². The molecule has 0 spiro atoms. The maximum Gasteiger partial charge on any atom is 0.150 e. The first kappa shape index (κ1) is 13.1. The van der Waals surface area contributed by atoms with Crippen LogP contribution in [0.25, 0.3) is 0 Å². The zero-order chi connectivity index (χ0) is 13.3. The van der Waals surface area contributed by atoms with E-state index in [4.69, 9.17) is 0 Å². The Balaban J connectivity index is 1.53. The second kappa shape index (κ2) is 5.20. The molecule has 0 unspecified atom stereocenters. The van der Waals surface area contributed by atoms with Gasteiger partial charge in [-0.3, -0.25) is 0 Å². The molecule has 2 aliphatic heterocycles. The molecule has 7 heteroatoms. The summed E-state index contributed by atoms with van der Waals surface area (Å²) < 4.78 is 25.0. The van der Waals surface area contributed by atoms with E-state index in [0.29, 0.717) is 23.6 Å². The number of rotatable bonds is 2. The smallest absolute Gasteiger partial charge is 0.150 e. The van der Waals surface area contributed by atoms with Crippen LogP contribution in [-0.4, -0.2) is 58.7 Å². The van der Waals surface area contributed by atoms with Gasteiger partial charge >= 0.3 is 0 Å². The van der Waals surface area contributed by atoms with Gasteiger partial charge in [-0.2, -0.15) is 0 Å². The molecule has 1 aromatic rings. The number of aromatic nitrogens is 3. The molecule has 0 atom stereocenters. The summed E-state index contributed by atoms with van der Waals surface area (Å²) in [5.41, 5.74) is 0. The summed E-state index contributed by atoms with van der Waals surface area (Å²) in [6.45, 7) is 2.10. The Kier molecular flexibility index (Phi) is 3.58. The molecular formula is C12H20N4O2S. The van der Waals surface area contributed by atoms with Crippen molar-refractivity contribution >= 4 is 9.84 Å². The van der Waals surface area contributed by atoms with Crippen molar-refractivity contribution in [1.82, 2.24) is 19.7 Å². The van der Waals surface area contributed by atoms with Crippen molar-refractivity contribution in [2.75, 3.05) is 24.6 Å². The first-order chi connectivity index (χ1) is 9.14. The molecule has 6 nitrogen and oxygen atoms in total. The van der Waals surface area contributed by atoms with Crippen LogP contribution in [0.4, 0.5) is 0 Å². The first-order valence-electron chi connectivity index (χ1n) is 6.93. The molecule has 0 aromatic carbocycles. The van der Waals surface area contributed by atoms with E-state index in [9.17, 15) is 8.42 Å². The summed E-state index contributed by atoms with van der Waals surface area (Å²) in [5.74, 6) is 0.728. The Morgan fingerprint density at radius 3 is 2.05 bits per heavy atom. The monoisotopic (exact) mass is 284 g/mol. The van der Waals surface area contributed by atoms with Crippen molar-refractivity contribution in [3.05, 3.63) is 12.7 Å². The van der Waals surface area contributed by atoms with Gasteiger partial charge < -0.3 is 9.47 Å². The molecule has 3 rings (SSSR count). The Hall–Kier alpha value is -0.950. The lowest BCUT2D eigenvalue weighted by molar-refractivity contribution is 0.126. The summed E-state index contributed by atoms with van der Waals surface area (Å²) in [5, 5.41) is 7.71. The van der Waals surface area contributed by atoms with E-state index in [1.54, 1.807) is 12.7 Å². The van der Waals surface area contributed by atoms with Crippen LogP contribution in [0.1, 0.15) is 31.7 Å². The maximum absolute atomic E-state index is 11.5. The van der Waals surface area contributed by atoms with Gasteiger partial charge in [0.2, 0.25) is 0 Å². The Morgan fingerprint density at radius 1 is 0.895 bits per heavy atom. The summed E-state index contributed by atoms with van der Waals surface area (Å²) in [4.78, 5) is 2.47. The average Bonchev–Trinajstić information content (AvgIpc) is 2.93. The molecule has 0 radical (unpaired) electrons. The predicted molar refractivity (Wildman–Crippen MR) is 71.5 cm³/mol. The van der Waals surface area contributed by atoms with Crippen LogP contribution in [0.15, 0.2) is 12.7 Å². The Morgan fingerprint density at radius 2 is 1.47 bits per heavy atom. The molecule has 0 aliphatic carbocycles. The SMILES string of the molecule is O=S1(=O)CCC(N2CCC(n3cnnc3)CC2)CC1. The van der Waals surface area contributed by atoms with Crippen LogP contribution in [0.5, 0.6) is 0 Å². The number of likely N-dealkylation sites (tertiary alicyclic amines) is 1. The van der Waals surface area contributed by atoms with E-state index in [0.717, 1.165) is 38.8 Å². The molecule has 0 saturated carbocycles. The summed E-state index contributed by atoms with van der Waals surface area (Å²) in [7, 11) is -2.75. The molecule has 0 bridgehead atoms. The second-order valence-electron chi connectivity index (χ2n) is 5.56. The van der Waals surface area contributed by atoms with Crippen LogP contribution < -0.4 is 0 Å². The van der Waals surface area contributed by atoms with Crippen LogP contribution >= 0.6 is 0 Å². The largest absolute Gasteiger partial charge is 0.317 e. The summed E-state index contributed by atoms with van der Waals surface area (Å²) >= 11 is 0. The van der Waals surface area contributed by atoms with Gasteiger partial charge in [0, 0.05) is 25.2 Å². The molecule has 1 aromatic heterocycles. The van der Waals surface area contributed by atoms with Gasteiger partial charge in [0.25, 0.3) is 0 Å². The molecule has 3 heterocycles. The molecule has 2 saturated heterocycles. The molecule has 0 amide bonds. The predicted octanol–water partition coefficient (Wildman–Crippen LogP) is 0.492. The fourth-order valence-electron chi connectivity index (χ4n) is 3.19. The van der Waals surface area contributed by atoms with E-state index in [2.05, 4.69) is 19.7 Å². The van der Waals surface area contributed by atoms with Crippen molar-refractivity contribution in [1.29, 1.82) is 0 Å². The third-order valence-electron chi connectivity index (χ3n) is 4.40. The summed E-state index contributed by atoms with van der Waals surface area (Å²) in [6.07, 6.45) is 7.38. The van der Waals surface area contributed by atoms with Gasteiger partial charge in [0.05, 0.1) is 11.5 Å². The lowest BCUT2D eigenvalue weighted by atomic mass is 10.0. The lowest BCUT2D eigenvalue weighted by Gasteiger charge is -2.39. The molecule has 106 valence electrons. The third-order valence-corrected chi connectivity index (χ3v) is 6.11. The van der Waals surface area contributed by atoms with Gasteiger partial charge in [0.15, 0.2) is 0 Å². The number of sulfone groups is 1. The van der Waals surface area contributed by atoms with Gasteiger partial charge in [-0.15, -0.1) is 10.2 Å². The van der Waals surface area contributed by atoms with Crippen molar-refractivity contribution < 1.29 is 8.42 Å². The first-order valence-corrected chi connectivity index (χ1v) is 8.75. The highest BCUT2D eigenvalue weighted by molar-refractivity contribution is 7.91. The van der Waals surface area contributed by atoms with E-state index < -0.39 is 9.84 Å². The Labute approximate surface area is 113 Å². The van der Waals surface area contributed by atoms with Crippen LogP contribution in [-0.2, 0) is 9.84 Å². The van der Waals surface area contributed by atoms with E-state index in [-0.39, 0.29) is 0 Å². The zero-order valence-electron chi connectivity index (χ0n) is 11.0. The minimum absolute atomic E-state index is 0.364. The third kappa shape index (κ3) is 2.97. The average molecular weight is 284 g/mol. The highest BCUT2D eigenvalue weighted by Gasteiger charge is 2.30. The molecule has 2 aliphatic rings. The highest BCUT2D eigenvalue weighted by atomic mass is 32.2. The van der Waals surface area contributed by atoms with E-state index in [1.165, 1.54) is 0 Å². The minimum Gasteiger partial charge on any atom is -0.317 e. The number of hydrogen-bond donors (Lipinski definition) is 0. The minimum atomic E-state index is -2.75. The summed E-state index contributed by atoms with van der Waals surface area (Å²) in [6, 6.07) is 0.962. The molecule has 2 fully saturated rings. The quantitative estimate of drug-likeness (QED) is 0.791. The molecule has 0 N–H and O–H groups in total. The van der Waals surface area contributed by atoms with E-state index >= 15 is 0 Å². The van der Waals surface area contributed by atoms with Gasteiger partial charge in [-0.05, 0) is 25.7 Å². The van der Waals surface area contributed by atoms with Crippen LogP contribution in [0.2, 0.25) is 0 Å². The normalized spacial score (nSPS) is 26.5. The standard InChI is InChI=1S/C12H20N4O2S/c17-19(18)7-3-12(4-8-19)15-5-1-11(2-6-15)16-9-13-14-10-16/h9-12H,1-8H2. The van der Waals surface area contributed by atoms with Crippen molar-refractivity contribution in [3.63, 3.8) is 0 Å². The van der Waals surface area contributed by atoms with Gasteiger partial charge in [-0.25, -0.2) is 8.42 Å².